The smallest absolute Gasteiger partial charge is 0.243 e. The molecule has 1 fully saturated rings. The Morgan fingerprint density at radius 3 is 2.36 bits per heavy atom. The average Bonchev–Trinajstić information content (AvgIpc) is 3.69. The van der Waals surface area contributed by atoms with Gasteiger partial charge in [-0.1, -0.05) is 42.1 Å². The standard InChI is InChI=1S/C31H36N6O3S2/c1-4-36(23(2)3)26-17-15-25(16-18-26)32-29(38)22-41-31-34-33-30(37(31)27-12-6-5-7-13-27)24-11-10-14-28(21-24)42(39,40)35-19-8-9-20-35/h5-7,10-18,21,23H,4,8-9,19-20,22H2,1-3H3,(H,32,38). The quantitative estimate of drug-likeness (QED) is 0.220. The lowest BCUT2D eigenvalue weighted by molar-refractivity contribution is -0.113. The zero-order valence-electron chi connectivity index (χ0n) is 24.1. The van der Waals surface area contributed by atoms with Crippen molar-refractivity contribution in [2.45, 2.75) is 49.7 Å². The molecule has 0 unspecified atom stereocenters. The average molecular weight is 605 g/mol. The van der Waals surface area contributed by atoms with Gasteiger partial charge in [0.15, 0.2) is 11.0 Å². The molecule has 220 valence electrons. The number of benzene rings is 3. The van der Waals surface area contributed by atoms with E-state index in [0.29, 0.717) is 35.7 Å². The second-order valence-corrected chi connectivity index (χ2v) is 13.3. The molecule has 0 aliphatic carbocycles. The summed E-state index contributed by atoms with van der Waals surface area (Å²) in [4.78, 5) is 15.4. The van der Waals surface area contributed by atoms with E-state index < -0.39 is 10.0 Å². The van der Waals surface area contributed by atoms with Crippen LogP contribution >= 0.6 is 11.8 Å². The van der Waals surface area contributed by atoms with Crippen LogP contribution in [-0.4, -0.2) is 64.8 Å². The fraction of sp³-hybridized carbons (Fsp3) is 0.323. The van der Waals surface area contributed by atoms with E-state index in [-0.39, 0.29) is 16.6 Å². The second kappa shape index (κ2) is 13.1. The maximum atomic E-state index is 13.2. The lowest BCUT2D eigenvalue weighted by Crippen LogP contribution is -2.30. The monoisotopic (exact) mass is 604 g/mol. The van der Waals surface area contributed by atoms with Crippen molar-refractivity contribution in [3.05, 3.63) is 78.9 Å². The van der Waals surface area contributed by atoms with E-state index in [4.69, 9.17) is 0 Å². The van der Waals surface area contributed by atoms with Crippen molar-refractivity contribution < 1.29 is 13.2 Å². The highest BCUT2D eigenvalue weighted by atomic mass is 32.2. The van der Waals surface area contributed by atoms with Crippen molar-refractivity contribution in [1.82, 2.24) is 19.1 Å². The Labute approximate surface area is 252 Å². The summed E-state index contributed by atoms with van der Waals surface area (Å²) in [5.74, 6) is 0.471. The first-order valence-electron chi connectivity index (χ1n) is 14.2. The molecule has 2 heterocycles. The molecule has 0 spiro atoms. The number of hydrogen-bond donors (Lipinski definition) is 1. The van der Waals surface area contributed by atoms with Gasteiger partial charge in [-0.3, -0.25) is 9.36 Å². The van der Waals surface area contributed by atoms with E-state index in [9.17, 15) is 13.2 Å². The first kappa shape index (κ1) is 29.8. The Hall–Kier alpha value is -3.67. The highest BCUT2D eigenvalue weighted by Gasteiger charge is 2.28. The molecule has 1 aliphatic rings. The Kier molecular flexibility index (Phi) is 9.30. The summed E-state index contributed by atoms with van der Waals surface area (Å²) in [5.41, 5.74) is 3.28. The van der Waals surface area contributed by atoms with Crippen LogP contribution in [0.5, 0.6) is 0 Å². The van der Waals surface area contributed by atoms with E-state index in [2.05, 4.69) is 41.2 Å². The Morgan fingerprint density at radius 1 is 0.976 bits per heavy atom. The maximum Gasteiger partial charge on any atom is 0.243 e. The van der Waals surface area contributed by atoms with Crippen molar-refractivity contribution in [1.29, 1.82) is 0 Å². The summed E-state index contributed by atoms with van der Waals surface area (Å²) in [6, 6.07) is 24.7. The van der Waals surface area contributed by atoms with Gasteiger partial charge in [-0.15, -0.1) is 10.2 Å². The number of nitrogens with one attached hydrogen (secondary N) is 1. The van der Waals surface area contributed by atoms with Crippen LogP contribution in [0.2, 0.25) is 0 Å². The third-order valence-electron chi connectivity index (χ3n) is 7.22. The SMILES string of the molecule is CCN(c1ccc(NC(=O)CSc2nnc(-c3cccc(S(=O)(=O)N4CCCC4)c3)n2-c2ccccc2)cc1)C(C)C. The lowest BCUT2D eigenvalue weighted by atomic mass is 10.2. The van der Waals surface area contributed by atoms with E-state index in [1.165, 1.54) is 16.1 Å². The molecule has 0 atom stereocenters. The van der Waals surface area contributed by atoms with Gasteiger partial charge >= 0.3 is 0 Å². The normalized spacial score (nSPS) is 13.9. The summed E-state index contributed by atoms with van der Waals surface area (Å²) < 4.78 is 29.9. The minimum atomic E-state index is -3.59. The van der Waals surface area contributed by atoms with Crippen LogP contribution in [0.3, 0.4) is 0 Å². The summed E-state index contributed by atoms with van der Waals surface area (Å²) >= 11 is 1.27. The highest BCUT2D eigenvalue weighted by Crippen LogP contribution is 2.30. The molecular weight excluding hydrogens is 569 g/mol. The number of carbonyl (C=O) groups excluding carboxylic acids is 1. The molecule has 9 nitrogen and oxygen atoms in total. The minimum absolute atomic E-state index is 0.128. The Balaban J connectivity index is 1.36. The van der Waals surface area contributed by atoms with Crippen molar-refractivity contribution in [3.8, 4) is 17.1 Å². The molecule has 1 aliphatic heterocycles. The second-order valence-electron chi connectivity index (χ2n) is 10.4. The third kappa shape index (κ3) is 6.53. The van der Waals surface area contributed by atoms with Gasteiger partial charge in [0.25, 0.3) is 0 Å². The van der Waals surface area contributed by atoms with E-state index >= 15 is 0 Å². The van der Waals surface area contributed by atoms with Crippen LogP contribution in [-0.2, 0) is 14.8 Å². The van der Waals surface area contributed by atoms with Crippen LogP contribution in [0.15, 0.2) is 88.9 Å². The maximum absolute atomic E-state index is 13.2. The van der Waals surface area contributed by atoms with E-state index in [1.807, 2.05) is 65.2 Å². The molecule has 5 rings (SSSR count). The number of amides is 1. The number of thioether (sulfide) groups is 1. The van der Waals surface area contributed by atoms with Gasteiger partial charge in [0.2, 0.25) is 15.9 Å². The third-order valence-corrected chi connectivity index (χ3v) is 10.0. The molecule has 1 amide bonds. The number of rotatable bonds is 11. The van der Waals surface area contributed by atoms with Crippen molar-refractivity contribution >= 4 is 39.1 Å². The molecular formula is C31H36N6O3S2. The van der Waals surface area contributed by atoms with E-state index in [1.54, 1.807) is 18.2 Å². The summed E-state index contributed by atoms with van der Waals surface area (Å²) in [6.07, 6.45) is 1.74. The number of para-hydroxylation sites is 1. The van der Waals surface area contributed by atoms with Crippen molar-refractivity contribution in [3.63, 3.8) is 0 Å². The van der Waals surface area contributed by atoms with Gasteiger partial charge in [-0.05, 0) is 82.1 Å². The molecule has 0 saturated carbocycles. The van der Waals surface area contributed by atoms with Crippen LogP contribution in [0.1, 0.15) is 33.6 Å². The number of nitrogens with zero attached hydrogens (tertiary/aromatic N) is 5. The Bertz CT molecular complexity index is 1620. The summed E-state index contributed by atoms with van der Waals surface area (Å²) in [7, 11) is -3.59. The molecule has 1 N–H and O–H groups in total. The van der Waals surface area contributed by atoms with Crippen LogP contribution in [0.4, 0.5) is 11.4 Å². The number of anilines is 2. The number of carbonyl (C=O) groups is 1. The molecule has 3 aromatic carbocycles. The molecule has 0 bridgehead atoms. The molecule has 1 aromatic heterocycles. The van der Waals surface area contributed by atoms with Gasteiger partial charge in [0.1, 0.15) is 0 Å². The lowest BCUT2D eigenvalue weighted by Gasteiger charge is -2.27. The first-order chi connectivity index (χ1) is 20.3. The number of sulfonamides is 1. The zero-order chi connectivity index (χ0) is 29.7. The van der Waals surface area contributed by atoms with Crippen LogP contribution in [0.25, 0.3) is 17.1 Å². The molecule has 0 radical (unpaired) electrons. The van der Waals surface area contributed by atoms with Gasteiger partial charge < -0.3 is 10.2 Å². The molecule has 1 saturated heterocycles. The number of aromatic nitrogens is 3. The van der Waals surface area contributed by atoms with Gasteiger partial charge in [-0.2, -0.15) is 4.31 Å². The largest absolute Gasteiger partial charge is 0.369 e. The number of hydrogen-bond acceptors (Lipinski definition) is 7. The van der Waals surface area contributed by atoms with Gasteiger partial charge in [0.05, 0.1) is 10.6 Å². The minimum Gasteiger partial charge on any atom is -0.369 e. The fourth-order valence-electron chi connectivity index (χ4n) is 5.14. The van der Waals surface area contributed by atoms with Crippen molar-refractivity contribution in [2.24, 2.45) is 0 Å². The van der Waals surface area contributed by atoms with Crippen LogP contribution < -0.4 is 10.2 Å². The highest BCUT2D eigenvalue weighted by molar-refractivity contribution is 7.99. The summed E-state index contributed by atoms with van der Waals surface area (Å²) in [5, 5.41) is 12.3. The van der Waals surface area contributed by atoms with Gasteiger partial charge in [-0.25, -0.2) is 8.42 Å². The fourth-order valence-corrected chi connectivity index (χ4v) is 7.46. The van der Waals surface area contributed by atoms with Gasteiger partial charge in [0, 0.05) is 48.3 Å². The van der Waals surface area contributed by atoms with Crippen molar-refractivity contribution in [2.75, 3.05) is 35.6 Å². The predicted octanol–water partition coefficient (Wildman–Crippen LogP) is 5.68. The molecule has 11 heteroatoms. The topological polar surface area (TPSA) is 100 Å². The zero-order valence-corrected chi connectivity index (χ0v) is 25.7. The van der Waals surface area contributed by atoms with E-state index in [0.717, 1.165) is 36.4 Å². The first-order valence-corrected chi connectivity index (χ1v) is 16.6. The Morgan fingerprint density at radius 2 is 1.69 bits per heavy atom. The molecule has 4 aromatic rings. The predicted molar refractivity (Wildman–Crippen MR) is 169 cm³/mol. The molecule has 42 heavy (non-hydrogen) atoms. The van der Waals surface area contributed by atoms with Crippen LogP contribution in [0, 0.1) is 0 Å². The summed E-state index contributed by atoms with van der Waals surface area (Å²) in [6.45, 7) is 8.42.